The molecule has 1 aromatic heterocycles. The quantitative estimate of drug-likeness (QED) is 0.517. The molecule has 0 saturated heterocycles. The van der Waals surface area contributed by atoms with Crippen LogP contribution in [0.4, 0.5) is 5.82 Å². The molecular weight excluding hydrogens is 380 g/mol. The van der Waals surface area contributed by atoms with E-state index >= 15 is 0 Å². The zero-order chi connectivity index (χ0) is 20.4. The summed E-state index contributed by atoms with van der Waals surface area (Å²) >= 11 is 5.47. The molecule has 4 rings (SSSR count). The molecule has 2 aromatic carbocycles. The molecule has 1 heterocycles. The van der Waals surface area contributed by atoms with Gasteiger partial charge in [-0.25, -0.2) is 4.98 Å². The van der Waals surface area contributed by atoms with Crippen LogP contribution in [0, 0.1) is 13.8 Å². The van der Waals surface area contributed by atoms with Gasteiger partial charge in [-0.2, -0.15) is 0 Å². The molecule has 1 aliphatic rings. The highest BCUT2D eigenvalue weighted by Gasteiger charge is 2.14. The lowest BCUT2D eigenvalue weighted by atomic mass is 9.96. The molecule has 1 aliphatic carbocycles. The van der Waals surface area contributed by atoms with Gasteiger partial charge in [0.2, 0.25) is 0 Å². The summed E-state index contributed by atoms with van der Waals surface area (Å²) in [6, 6.07) is 10.5. The number of anilines is 1. The molecular formula is C23H26N4OS. The number of phenols is 1. The standard InChI is InChI=1S/C23H26N4OS/c1-14-10-17(11-15(2)22(14)28)16-8-9-19-20(12-16)26-21(13-24-19)27-23(29)25-18-6-4-3-5-7-18/h8-13,18,28H,3-7H2,1-2H3,(H2,25,26,27,29). The second-order valence-electron chi connectivity index (χ2n) is 7.85. The summed E-state index contributed by atoms with van der Waals surface area (Å²) in [6.07, 6.45) is 7.88. The van der Waals surface area contributed by atoms with Gasteiger partial charge in [-0.15, -0.1) is 0 Å². The molecule has 1 saturated carbocycles. The predicted octanol–water partition coefficient (Wildman–Crippen LogP) is 5.24. The van der Waals surface area contributed by atoms with Crippen molar-refractivity contribution < 1.29 is 5.11 Å². The number of aromatic hydroxyl groups is 1. The summed E-state index contributed by atoms with van der Waals surface area (Å²) < 4.78 is 0. The van der Waals surface area contributed by atoms with Crippen LogP contribution in [0.1, 0.15) is 43.2 Å². The molecule has 5 nitrogen and oxygen atoms in total. The molecule has 150 valence electrons. The minimum atomic E-state index is 0.347. The van der Waals surface area contributed by atoms with E-state index in [1.165, 1.54) is 32.1 Å². The third-order valence-corrected chi connectivity index (χ3v) is 5.77. The van der Waals surface area contributed by atoms with Crippen molar-refractivity contribution in [3.8, 4) is 16.9 Å². The highest BCUT2D eigenvalue weighted by molar-refractivity contribution is 7.80. The summed E-state index contributed by atoms with van der Waals surface area (Å²) in [7, 11) is 0. The Balaban J connectivity index is 1.56. The third-order valence-electron chi connectivity index (χ3n) is 5.55. The van der Waals surface area contributed by atoms with Crippen LogP contribution in [0.2, 0.25) is 0 Å². The van der Waals surface area contributed by atoms with E-state index in [2.05, 4.69) is 15.6 Å². The maximum absolute atomic E-state index is 10.0. The second-order valence-corrected chi connectivity index (χ2v) is 8.26. The van der Waals surface area contributed by atoms with E-state index in [9.17, 15) is 5.11 Å². The molecule has 0 aliphatic heterocycles. The lowest BCUT2D eigenvalue weighted by Gasteiger charge is -2.24. The van der Waals surface area contributed by atoms with Crippen molar-refractivity contribution in [2.24, 2.45) is 0 Å². The van der Waals surface area contributed by atoms with E-state index < -0.39 is 0 Å². The van der Waals surface area contributed by atoms with Crippen molar-refractivity contribution in [3.63, 3.8) is 0 Å². The molecule has 3 aromatic rings. The van der Waals surface area contributed by atoms with Crippen molar-refractivity contribution >= 4 is 34.2 Å². The van der Waals surface area contributed by atoms with Crippen LogP contribution in [0.3, 0.4) is 0 Å². The second kappa shape index (κ2) is 8.33. The van der Waals surface area contributed by atoms with Crippen LogP contribution in [-0.2, 0) is 0 Å². The number of hydrogen-bond donors (Lipinski definition) is 3. The molecule has 0 spiro atoms. The lowest BCUT2D eigenvalue weighted by molar-refractivity contribution is 0.415. The largest absolute Gasteiger partial charge is 0.507 e. The van der Waals surface area contributed by atoms with Gasteiger partial charge in [0.05, 0.1) is 17.2 Å². The van der Waals surface area contributed by atoms with Crippen LogP contribution >= 0.6 is 12.2 Å². The van der Waals surface area contributed by atoms with Gasteiger partial charge in [0.15, 0.2) is 10.9 Å². The highest BCUT2D eigenvalue weighted by Crippen LogP contribution is 2.30. The van der Waals surface area contributed by atoms with Gasteiger partial charge in [0.25, 0.3) is 0 Å². The summed E-state index contributed by atoms with van der Waals surface area (Å²) in [5, 5.41) is 17.2. The molecule has 0 amide bonds. The van der Waals surface area contributed by atoms with Crippen LogP contribution in [0.5, 0.6) is 5.75 Å². The summed E-state index contributed by atoms with van der Waals surface area (Å²) in [5.74, 6) is 0.987. The van der Waals surface area contributed by atoms with Gasteiger partial charge in [-0.1, -0.05) is 25.3 Å². The van der Waals surface area contributed by atoms with Crippen molar-refractivity contribution in [2.45, 2.75) is 52.0 Å². The predicted molar refractivity (Wildman–Crippen MR) is 122 cm³/mol. The van der Waals surface area contributed by atoms with Crippen molar-refractivity contribution in [2.75, 3.05) is 5.32 Å². The van der Waals surface area contributed by atoms with E-state index in [1.807, 2.05) is 44.2 Å². The Labute approximate surface area is 176 Å². The molecule has 0 atom stereocenters. The normalized spacial score (nSPS) is 14.7. The molecule has 6 heteroatoms. The fraction of sp³-hybridized carbons (Fsp3) is 0.348. The number of hydrogen-bond acceptors (Lipinski definition) is 4. The van der Waals surface area contributed by atoms with Gasteiger partial charge in [0.1, 0.15) is 5.75 Å². The Morgan fingerprint density at radius 3 is 2.45 bits per heavy atom. The smallest absolute Gasteiger partial charge is 0.172 e. The van der Waals surface area contributed by atoms with E-state index in [-0.39, 0.29) is 0 Å². The van der Waals surface area contributed by atoms with Gasteiger partial charge in [0, 0.05) is 6.04 Å². The summed E-state index contributed by atoms with van der Waals surface area (Å²) in [4.78, 5) is 9.22. The highest BCUT2D eigenvalue weighted by atomic mass is 32.1. The first-order chi connectivity index (χ1) is 14.0. The monoisotopic (exact) mass is 406 g/mol. The van der Waals surface area contributed by atoms with Gasteiger partial charge in [-0.05, 0) is 85.4 Å². The van der Waals surface area contributed by atoms with E-state index in [0.717, 1.165) is 33.3 Å². The number of aromatic nitrogens is 2. The molecule has 3 N–H and O–H groups in total. The lowest BCUT2D eigenvalue weighted by Crippen LogP contribution is -2.39. The van der Waals surface area contributed by atoms with Crippen LogP contribution < -0.4 is 10.6 Å². The van der Waals surface area contributed by atoms with Crippen molar-refractivity contribution in [1.29, 1.82) is 0 Å². The number of benzene rings is 2. The zero-order valence-electron chi connectivity index (χ0n) is 16.8. The number of aryl methyl sites for hydroxylation is 2. The number of rotatable bonds is 3. The van der Waals surface area contributed by atoms with Crippen molar-refractivity contribution in [1.82, 2.24) is 15.3 Å². The average molecular weight is 407 g/mol. The first kappa shape index (κ1) is 19.6. The number of nitrogens with zero attached hydrogens (tertiary/aromatic N) is 2. The Hall–Kier alpha value is -2.73. The van der Waals surface area contributed by atoms with Crippen LogP contribution in [0.15, 0.2) is 36.5 Å². The Bertz CT molecular complexity index is 1040. The van der Waals surface area contributed by atoms with Crippen LogP contribution in [0.25, 0.3) is 22.2 Å². The molecule has 0 bridgehead atoms. The number of nitrogens with one attached hydrogen (secondary N) is 2. The minimum absolute atomic E-state index is 0.347. The van der Waals surface area contributed by atoms with Crippen molar-refractivity contribution in [3.05, 3.63) is 47.7 Å². The van der Waals surface area contributed by atoms with E-state index in [0.29, 0.717) is 22.7 Å². The Morgan fingerprint density at radius 1 is 1.00 bits per heavy atom. The zero-order valence-corrected chi connectivity index (χ0v) is 17.6. The van der Waals surface area contributed by atoms with E-state index in [1.54, 1.807) is 6.20 Å². The molecule has 0 radical (unpaired) electrons. The molecule has 0 unspecified atom stereocenters. The topological polar surface area (TPSA) is 70.1 Å². The van der Waals surface area contributed by atoms with Crippen LogP contribution in [-0.4, -0.2) is 26.2 Å². The molecule has 1 fully saturated rings. The fourth-order valence-electron chi connectivity index (χ4n) is 3.96. The van der Waals surface area contributed by atoms with Gasteiger partial charge < -0.3 is 15.7 Å². The first-order valence-corrected chi connectivity index (χ1v) is 10.6. The molecule has 29 heavy (non-hydrogen) atoms. The Morgan fingerprint density at radius 2 is 1.72 bits per heavy atom. The fourth-order valence-corrected chi connectivity index (χ4v) is 4.23. The Kier molecular flexibility index (Phi) is 5.62. The maximum Gasteiger partial charge on any atom is 0.172 e. The number of phenolic OH excluding ortho intramolecular Hbond substituents is 1. The van der Waals surface area contributed by atoms with E-state index in [4.69, 9.17) is 17.2 Å². The van der Waals surface area contributed by atoms with Gasteiger partial charge in [-0.3, -0.25) is 4.98 Å². The minimum Gasteiger partial charge on any atom is -0.507 e. The van der Waals surface area contributed by atoms with Gasteiger partial charge >= 0.3 is 0 Å². The average Bonchev–Trinajstić information content (AvgIpc) is 2.71. The maximum atomic E-state index is 10.0. The third kappa shape index (κ3) is 4.48. The summed E-state index contributed by atoms with van der Waals surface area (Å²) in [6.45, 7) is 3.82. The number of fused-ring (bicyclic) bond motifs is 1. The first-order valence-electron chi connectivity index (χ1n) is 10.1. The SMILES string of the molecule is Cc1cc(-c2ccc3ncc(NC(=S)NC4CCCCC4)nc3c2)cc(C)c1O. The number of thiocarbonyl (C=S) groups is 1. The summed E-state index contributed by atoms with van der Waals surface area (Å²) in [5.41, 5.74) is 5.45.